The van der Waals surface area contributed by atoms with Crippen LogP contribution in [0.3, 0.4) is 0 Å². The molecule has 0 aromatic heterocycles. The van der Waals surface area contributed by atoms with Crippen LogP contribution in [-0.2, 0) is 0 Å². The molecule has 0 amide bonds. The Bertz CT molecular complexity index is 360. The lowest BCUT2D eigenvalue weighted by atomic mass is 10.0. The predicted molar refractivity (Wildman–Crippen MR) is 57.5 cm³/mol. The highest BCUT2D eigenvalue weighted by molar-refractivity contribution is 9.10. The Hall–Kier alpha value is -0.890. The Kier molecular flexibility index (Phi) is 4.08. The van der Waals surface area contributed by atoms with E-state index in [9.17, 15) is 0 Å². The van der Waals surface area contributed by atoms with Gasteiger partial charge in [0.2, 0.25) is 0 Å². The van der Waals surface area contributed by atoms with Gasteiger partial charge in [0.1, 0.15) is 6.07 Å². The van der Waals surface area contributed by atoms with Crippen LogP contribution in [-0.4, -0.2) is 11.7 Å². The molecule has 0 aliphatic heterocycles. The predicted octanol–water partition coefficient (Wildman–Crippen LogP) is 1.70. The number of halogens is 1. The van der Waals surface area contributed by atoms with Gasteiger partial charge in [0.15, 0.2) is 0 Å². The molecule has 0 saturated carbocycles. The van der Waals surface area contributed by atoms with Crippen molar-refractivity contribution in [1.82, 2.24) is 0 Å². The van der Waals surface area contributed by atoms with Gasteiger partial charge in [0.05, 0.1) is 5.56 Å². The summed E-state index contributed by atoms with van der Waals surface area (Å²) in [6, 6.07) is 7.23. The molecule has 0 heterocycles. The molecule has 3 N–H and O–H groups in total. The smallest absolute Gasteiger partial charge is 0.100 e. The van der Waals surface area contributed by atoms with Gasteiger partial charge >= 0.3 is 0 Å². The highest BCUT2D eigenvalue weighted by Crippen LogP contribution is 2.22. The molecule has 0 bridgehead atoms. The number of aliphatic hydroxyl groups excluding tert-OH is 1. The summed E-state index contributed by atoms with van der Waals surface area (Å²) in [7, 11) is 0. The van der Waals surface area contributed by atoms with Crippen molar-refractivity contribution >= 4 is 15.9 Å². The fourth-order valence-electron chi connectivity index (χ4n) is 1.16. The van der Waals surface area contributed by atoms with Gasteiger partial charge < -0.3 is 10.8 Å². The van der Waals surface area contributed by atoms with E-state index in [1.54, 1.807) is 6.07 Å². The van der Waals surface area contributed by atoms with E-state index in [1.165, 1.54) is 0 Å². The van der Waals surface area contributed by atoms with Gasteiger partial charge in [-0.1, -0.05) is 6.07 Å². The van der Waals surface area contributed by atoms with Crippen LogP contribution in [0.1, 0.15) is 23.6 Å². The van der Waals surface area contributed by atoms with Crippen LogP contribution in [0.5, 0.6) is 0 Å². The lowest BCUT2D eigenvalue weighted by Crippen LogP contribution is -2.11. The summed E-state index contributed by atoms with van der Waals surface area (Å²) in [5.74, 6) is 0. The van der Waals surface area contributed by atoms with Crippen LogP contribution in [0.4, 0.5) is 0 Å². The first-order chi connectivity index (χ1) is 6.69. The zero-order valence-electron chi connectivity index (χ0n) is 7.57. The maximum atomic E-state index is 8.72. The van der Waals surface area contributed by atoms with Gasteiger partial charge in [-0.15, -0.1) is 0 Å². The van der Waals surface area contributed by atoms with Crippen molar-refractivity contribution in [3.63, 3.8) is 0 Å². The van der Waals surface area contributed by atoms with Gasteiger partial charge in [-0.2, -0.15) is 5.26 Å². The zero-order chi connectivity index (χ0) is 10.6. The fourth-order valence-corrected chi connectivity index (χ4v) is 1.64. The van der Waals surface area contributed by atoms with E-state index in [1.807, 2.05) is 12.1 Å². The lowest BCUT2D eigenvalue weighted by molar-refractivity contribution is 0.276. The van der Waals surface area contributed by atoms with E-state index in [4.69, 9.17) is 16.1 Å². The quantitative estimate of drug-likeness (QED) is 0.863. The van der Waals surface area contributed by atoms with Crippen LogP contribution >= 0.6 is 15.9 Å². The summed E-state index contributed by atoms with van der Waals surface area (Å²) in [5.41, 5.74) is 7.31. The van der Waals surface area contributed by atoms with Crippen molar-refractivity contribution < 1.29 is 5.11 Å². The molecular formula is C10H11BrN2O. The third kappa shape index (κ3) is 2.55. The van der Waals surface area contributed by atoms with Crippen molar-refractivity contribution in [3.05, 3.63) is 33.8 Å². The first-order valence-electron chi connectivity index (χ1n) is 4.25. The Morgan fingerprint density at radius 3 is 2.79 bits per heavy atom. The summed E-state index contributed by atoms with van der Waals surface area (Å²) in [5, 5.41) is 17.4. The topological polar surface area (TPSA) is 70.0 Å². The second-order valence-corrected chi connectivity index (χ2v) is 3.82. The SMILES string of the molecule is N#Cc1ccc(C(N)CCO)cc1Br. The number of hydrogen-bond acceptors (Lipinski definition) is 3. The summed E-state index contributed by atoms with van der Waals surface area (Å²) in [4.78, 5) is 0. The highest BCUT2D eigenvalue weighted by atomic mass is 79.9. The maximum absolute atomic E-state index is 8.72. The minimum absolute atomic E-state index is 0.0682. The Labute approximate surface area is 91.3 Å². The number of hydrogen-bond donors (Lipinski definition) is 2. The average Bonchev–Trinajstić information content (AvgIpc) is 2.18. The second kappa shape index (κ2) is 5.11. The number of benzene rings is 1. The number of rotatable bonds is 3. The highest BCUT2D eigenvalue weighted by Gasteiger charge is 2.07. The van der Waals surface area contributed by atoms with Gasteiger partial charge in [-0.05, 0) is 40.0 Å². The van der Waals surface area contributed by atoms with Crippen LogP contribution in [0.2, 0.25) is 0 Å². The molecule has 0 fully saturated rings. The van der Waals surface area contributed by atoms with Gasteiger partial charge in [-0.3, -0.25) is 0 Å². The largest absolute Gasteiger partial charge is 0.396 e. The van der Waals surface area contributed by atoms with Crippen molar-refractivity contribution in [2.24, 2.45) is 5.73 Å². The molecular weight excluding hydrogens is 244 g/mol. The van der Waals surface area contributed by atoms with Crippen LogP contribution in [0.15, 0.2) is 22.7 Å². The average molecular weight is 255 g/mol. The molecule has 74 valence electrons. The van der Waals surface area contributed by atoms with Crippen molar-refractivity contribution in [3.8, 4) is 6.07 Å². The van der Waals surface area contributed by atoms with E-state index in [2.05, 4.69) is 22.0 Å². The van der Waals surface area contributed by atoms with Crippen molar-refractivity contribution in [2.45, 2.75) is 12.5 Å². The summed E-state index contributed by atoms with van der Waals surface area (Å²) in [6.07, 6.45) is 0.526. The number of nitrogens with two attached hydrogens (primary N) is 1. The molecule has 3 nitrogen and oxygen atoms in total. The summed E-state index contributed by atoms with van der Waals surface area (Å²) >= 11 is 3.29. The number of nitriles is 1. The van der Waals surface area contributed by atoms with E-state index in [0.717, 1.165) is 10.0 Å². The van der Waals surface area contributed by atoms with E-state index in [0.29, 0.717) is 12.0 Å². The van der Waals surface area contributed by atoms with Gasteiger partial charge in [0, 0.05) is 17.1 Å². The number of aliphatic hydroxyl groups is 1. The van der Waals surface area contributed by atoms with Crippen LogP contribution < -0.4 is 5.73 Å². The van der Waals surface area contributed by atoms with Crippen molar-refractivity contribution in [1.29, 1.82) is 5.26 Å². The second-order valence-electron chi connectivity index (χ2n) is 2.97. The molecule has 0 aliphatic rings. The lowest BCUT2D eigenvalue weighted by Gasteiger charge is -2.10. The monoisotopic (exact) mass is 254 g/mol. The van der Waals surface area contributed by atoms with Gasteiger partial charge in [-0.25, -0.2) is 0 Å². The third-order valence-corrected chi connectivity index (χ3v) is 2.64. The Balaban J connectivity index is 2.92. The Morgan fingerprint density at radius 2 is 2.29 bits per heavy atom. The first kappa shape index (κ1) is 11.2. The minimum atomic E-state index is -0.177. The number of nitrogens with zero attached hydrogens (tertiary/aromatic N) is 1. The molecule has 1 rings (SSSR count). The normalized spacial score (nSPS) is 12.1. The molecule has 14 heavy (non-hydrogen) atoms. The molecule has 1 aromatic carbocycles. The molecule has 1 aromatic rings. The van der Waals surface area contributed by atoms with Crippen molar-refractivity contribution in [2.75, 3.05) is 6.61 Å². The standard InChI is InChI=1S/C10H11BrN2O/c11-9-5-7(10(13)3-4-14)1-2-8(9)6-12/h1-2,5,10,14H,3-4,13H2. The maximum Gasteiger partial charge on any atom is 0.100 e. The summed E-state index contributed by atoms with van der Waals surface area (Å²) < 4.78 is 0.742. The minimum Gasteiger partial charge on any atom is -0.396 e. The molecule has 0 aliphatic carbocycles. The van der Waals surface area contributed by atoms with Gasteiger partial charge in [0.25, 0.3) is 0 Å². The molecule has 0 saturated heterocycles. The van der Waals surface area contributed by atoms with E-state index >= 15 is 0 Å². The van der Waals surface area contributed by atoms with Crippen LogP contribution in [0, 0.1) is 11.3 Å². The molecule has 4 heteroatoms. The fraction of sp³-hybridized carbons (Fsp3) is 0.300. The molecule has 0 radical (unpaired) electrons. The van der Waals surface area contributed by atoms with E-state index in [-0.39, 0.29) is 12.6 Å². The molecule has 1 unspecified atom stereocenters. The van der Waals surface area contributed by atoms with E-state index < -0.39 is 0 Å². The third-order valence-electron chi connectivity index (χ3n) is 1.98. The molecule has 0 spiro atoms. The first-order valence-corrected chi connectivity index (χ1v) is 5.04. The zero-order valence-corrected chi connectivity index (χ0v) is 9.16. The molecule has 1 atom stereocenters. The van der Waals surface area contributed by atoms with Crippen LogP contribution in [0.25, 0.3) is 0 Å². The Morgan fingerprint density at radius 1 is 1.57 bits per heavy atom. The summed E-state index contributed by atoms with van der Waals surface area (Å²) in [6.45, 7) is 0.0682.